The molecular weight excluding hydrogens is 472 g/mol. The molecule has 0 atom stereocenters. The fourth-order valence-electron chi connectivity index (χ4n) is 3.91. The van der Waals surface area contributed by atoms with E-state index in [1.165, 1.54) is 10.6 Å². The van der Waals surface area contributed by atoms with Crippen LogP contribution in [0, 0.1) is 11.3 Å². The fourth-order valence-corrected chi connectivity index (χ4v) is 5.90. The first-order valence-electron chi connectivity index (χ1n) is 11.2. The number of ether oxygens (including phenoxy) is 1. The molecule has 4 heterocycles. The number of rotatable bonds is 10. The average molecular weight is 503 g/mol. The molecule has 34 heavy (non-hydrogen) atoms. The van der Waals surface area contributed by atoms with Crippen molar-refractivity contribution in [1.82, 2.24) is 33.6 Å². The van der Waals surface area contributed by atoms with Crippen LogP contribution in [0.15, 0.2) is 25.0 Å². The van der Waals surface area contributed by atoms with E-state index in [1.807, 2.05) is 4.57 Å². The van der Waals surface area contributed by atoms with Gasteiger partial charge < -0.3 is 4.74 Å². The van der Waals surface area contributed by atoms with Crippen LogP contribution in [-0.4, -0.2) is 75.5 Å². The van der Waals surface area contributed by atoms with Gasteiger partial charge in [-0.1, -0.05) is 19.6 Å². The Morgan fingerprint density at radius 2 is 2.00 bits per heavy atom. The first kappa shape index (κ1) is 24.5. The normalized spacial score (nSPS) is 16.4. The van der Waals surface area contributed by atoms with Gasteiger partial charge in [0.15, 0.2) is 5.65 Å². The summed E-state index contributed by atoms with van der Waals surface area (Å²) in [5, 5.41) is 13.8. The van der Waals surface area contributed by atoms with Gasteiger partial charge in [-0.05, 0) is 13.0 Å². The van der Waals surface area contributed by atoms with Gasteiger partial charge in [0.1, 0.15) is 29.8 Å². The van der Waals surface area contributed by atoms with Crippen LogP contribution in [0.5, 0.6) is 0 Å². The molecule has 4 rings (SSSR count). The van der Waals surface area contributed by atoms with Crippen molar-refractivity contribution in [2.45, 2.75) is 51.3 Å². The molecule has 1 aliphatic rings. The molecule has 182 valence electrons. The summed E-state index contributed by atoms with van der Waals surface area (Å²) in [7, 11) is -4.47. The predicted octanol–water partition coefficient (Wildman–Crippen LogP) is 2.28. The Morgan fingerprint density at radius 3 is 2.68 bits per heavy atom. The zero-order chi connectivity index (χ0) is 24.6. The van der Waals surface area contributed by atoms with Crippen LogP contribution in [0.25, 0.3) is 22.4 Å². The minimum atomic E-state index is -3.31. The standard InChI is InChI=1S/C21H30N8O3SSi/c1-5-33(30,31)28-12-21(13-28,6-7-22)29-11-17(10-26-29)18-19-20(24-14-23-18)27(15-25-19)16-32-8-9-34(2,3)4/h10-11,14-15H,5-6,8-9,12-13,16H2,1-4H3. The number of hydrogen-bond acceptors (Lipinski definition) is 8. The summed E-state index contributed by atoms with van der Waals surface area (Å²) in [5.41, 5.74) is 1.97. The number of aromatic nitrogens is 6. The Labute approximate surface area is 200 Å². The highest BCUT2D eigenvalue weighted by molar-refractivity contribution is 7.89. The third-order valence-electron chi connectivity index (χ3n) is 6.08. The first-order valence-corrected chi connectivity index (χ1v) is 16.5. The highest BCUT2D eigenvalue weighted by Gasteiger charge is 2.49. The van der Waals surface area contributed by atoms with Crippen LogP contribution in [0.4, 0.5) is 0 Å². The molecule has 3 aromatic rings. The van der Waals surface area contributed by atoms with Gasteiger partial charge in [-0.25, -0.2) is 23.4 Å². The average Bonchev–Trinajstić information content (AvgIpc) is 3.40. The smallest absolute Gasteiger partial charge is 0.213 e. The maximum atomic E-state index is 12.2. The van der Waals surface area contributed by atoms with E-state index in [2.05, 4.69) is 45.8 Å². The van der Waals surface area contributed by atoms with Gasteiger partial charge in [0, 0.05) is 39.5 Å². The van der Waals surface area contributed by atoms with Crippen LogP contribution in [-0.2, 0) is 27.0 Å². The fraction of sp³-hybridized carbons (Fsp3) is 0.571. The van der Waals surface area contributed by atoms with Gasteiger partial charge in [-0.2, -0.15) is 14.7 Å². The summed E-state index contributed by atoms with van der Waals surface area (Å²) in [6, 6.07) is 3.26. The second-order valence-electron chi connectivity index (χ2n) is 9.86. The van der Waals surface area contributed by atoms with Gasteiger partial charge >= 0.3 is 0 Å². The quantitative estimate of drug-likeness (QED) is 0.305. The molecule has 11 nitrogen and oxygen atoms in total. The van der Waals surface area contributed by atoms with Gasteiger partial charge in [-0.3, -0.25) is 9.25 Å². The largest absolute Gasteiger partial charge is 0.361 e. The van der Waals surface area contributed by atoms with Crippen molar-refractivity contribution in [2.24, 2.45) is 0 Å². The number of nitrogens with zero attached hydrogens (tertiary/aromatic N) is 8. The molecule has 0 spiro atoms. The zero-order valence-corrected chi connectivity index (χ0v) is 21.8. The topological polar surface area (TPSA) is 132 Å². The second-order valence-corrected chi connectivity index (χ2v) is 17.7. The monoisotopic (exact) mass is 502 g/mol. The lowest BCUT2D eigenvalue weighted by Crippen LogP contribution is -2.64. The molecule has 0 aromatic carbocycles. The summed E-state index contributed by atoms with van der Waals surface area (Å²) >= 11 is 0. The summed E-state index contributed by atoms with van der Waals surface area (Å²) in [6.45, 7) is 10.1. The Balaban J connectivity index is 1.55. The SMILES string of the molecule is CCS(=O)(=O)N1CC(CC#N)(n2cc(-c3ncnc4c3ncn4COCC[Si](C)(C)C)cn2)C1. The van der Waals surface area contributed by atoms with E-state index >= 15 is 0 Å². The van der Waals surface area contributed by atoms with Crippen molar-refractivity contribution in [3.05, 3.63) is 25.0 Å². The van der Waals surface area contributed by atoms with Crippen molar-refractivity contribution in [1.29, 1.82) is 5.26 Å². The van der Waals surface area contributed by atoms with Gasteiger partial charge in [0.05, 0.1) is 30.8 Å². The molecule has 1 saturated heterocycles. The van der Waals surface area contributed by atoms with E-state index in [-0.39, 0.29) is 25.3 Å². The van der Waals surface area contributed by atoms with Crippen LogP contribution in [0.3, 0.4) is 0 Å². The molecule has 1 fully saturated rings. The molecule has 0 unspecified atom stereocenters. The van der Waals surface area contributed by atoms with Gasteiger partial charge in [0.25, 0.3) is 0 Å². The number of sulfonamides is 1. The number of hydrogen-bond donors (Lipinski definition) is 0. The molecule has 0 aliphatic carbocycles. The summed E-state index contributed by atoms with van der Waals surface area (Å²) in [6.07, 6.45) is 6.81. The van der Waals surface area contributed by atoms with Crippen molar-refractivity contribution in [3.8, 4) is 17.3 Å². The van der Waals surface area contributed by atoms with Crippen LogP contribution in [0.2, 0.25) is 25.7 Å². The summed E-state index contributed by atoms with van der Waals surface area (Å²) in [5.74, 6) is 0.0312. The molecule has 0 amide bonds. The third-order valence-corrected chi connectivity index (χ3v) is 9.56. The number of imidazole rings is 1. The van der Waals surface area contributed by atoms with E-state index in [1.54, 1.807) is 30.3 Å². The van der Waals surface area contributed by atoms with E-state index in [4.69, 9.17) is 4.74 Å². The van der Waals surface area contributed by atoms with Crippen LogP contribution >= 0.6 is 0 Å². The van der Waals surface area contributed by atoms with Gasteiger partial charge in [0.2, 0.25) is 10.0 Å². The Bertz CT molecular complexity index is 1320. The second kappa shape index (κ2) is 9.18. The molecule has 0 saturated carbocycles. The number of fused-ring (bicyclic) bond motifs is 1. The van der Waals surface area contributed by atoms with Crippen molar-refractivity contribution in [3.63, 3.8) is 0 Å². The molecular formula is C21H30N8O3SSi. The minimum absolute atomic E-state index is 0.0312. The lowest BCUT2D eigenvalue weighted by molar-refractivity contribution is 0.0719. The molecule has 13 heteroatoms. The Morgan fingerprint density at radius 1 is 1.24 bits per heavy atom. The number of nitriles is 1. The minimum Gasteiger partial charge on any atom is -0.361 e. The Kier molecular flexibility index (Phi) is 6.60. The lowest BCUT2D eigenvalue weighted by atomic mass is 9.89. The maximum Gasteiger partial charge on any atom is 0.213 e. The highest BCUT2D eigenvalue weighted by Crippen LogP contribution is 2.35. The van der Waals surface area contributed by atoms with E-state index in [9.17, 15) is 13.7 Å². The highest BCUT2D eigenvalue weighted by atomic mass is 32.2. The van der Waals surface area contributed by atoms with Crippen molar-refractivity contribution >= 4 is 29.3 Å². The predicted molar refractivity (Wildman–Crippen MR) is 130 cm³/mol. The van der Waals surface area contributed by atoms with E-state index < -0.39 is 23.6 Å². The maximum absolute atomic E-state index is 12.2. The molecule has 0 radical (unpaired) electrons. The van der Waals surface area contributed by atoms with Crippen LogP contribution in [0.1, 0.15) is 13.3 Å². The first-order chi connectivity index (χ1) is 16.1. The zero-order valence-electron chi connectivity index (χ0n) is 20.0. The third kappa shape index (κ3) is 4.76. The molecule has 0 N–H and O–H groups in total. The molecule has 3 aromatic heterocycles. The lowest BCUT2D eigenvalue weighted by Gasteiger charge is -2.47. The molecule has 0 bridgehead atoms. The molecule has 1 aliphatic heterocycles. The van der Waals surface area contributed by atoms with Gasteiger partial charge in [-0.15, -0.1) is 0 Å². The van der Waals surface area contributed by atoms with E-state index in [0.29, 0.717) is 30.2 Å². The van der Waals surface area contributed by atoms with Crippen molar-refractivity contribution in [2.75, 3.05) is 25.4 Å². The van der Waals surface area contributed by atoms with Crippen LogP contribution < -0.4 is 0 Å². The van der Waals surface area contributed by atoms with E-state index in [0.717, 1.165) is 11.6 Å². The Hall–Kier alpha value is -2.66. The summed E-state index contributed by atoms with van der Waals surface area (Å²) < 4.78 is 35.2. The summed E-state index contributed by atoms with van der Waals surface area (Å²) in [4.78, 5) is 13.3. The van der Waals surface area contributed by atoms with Crippen molar-refractivity contribution < 1.29 is 13.2 Å².